The third-order valence-corrected chi connectivity index (χ3v) is 3.59. The van der Waals surface area contributed by atoms with Gasteiger partial charge in [-0.25, -0.2) is 4.79 Å². The zero-order valence-corrected chi connectivity index (χ0v) is 12.2. The molecule has 2 rings (SSSR count). The van der Waals surface area contributed by atoms with Gasteiger partial charge >= 0.3 is 5.97 Å². The Labute approximate surface area is 120 Å². The van der Waals surface area contributed by atoms with Gasteiger partial charge in [-0.2, -0.15) is 0 Å². The summed E-state index contributed by atoms with van der Waals surface area (Å²) in [5.41, 5.74) is 7.47. The lowest BCUT2D eigenvalue weighted by Crippen LogP contribution is -2.47. The van der Waals surface area contributed by atoms with Crippen molar-refractivity contribution in [1.82, 2.24) is 4.90 Å². The summed E-state index contributed by atoms with van der Waals surface area (Å²) in [6.45, 7) is 9.14. The summed E-state index contributed by atoms with van der Waals surface area (Å²) in [6, 6.07) is 5.00. The first-order valence-electron chi connectivity index (χ1n) is 7.07. The molecule has 0 atom stereocenters. The van der Waals surface area contributed by atoms with Gasteiger partial charge in [-0.1, -0.05) is 13.8 Å². The maximum atomic E-state index is 11.3. The van der Waals surface area contributed by atoms with Crippen molar-refractivity contribution in [2.45, 2.75) is 13.8 Å². The van der Waals surface area contributed by atoms with Crippen LogP contribution in [0.25, 0.3) is 0 Å². The van der Waals surface area contributed by atoms with Gasteiger partial charge in [0.2, 0.25) is 0 Å². The molecule has 1 fully saturated rings. The van der Waals surface area contributed by atoms with E-state index in [1.54, 1.807) is 18.2 Å². The largest absolute Gasteiger partial charge is 0.478 e. The number of carbonyl (C=O) groups is 1. The summed E-state index contributed by atoms with van der Waals surface area (Å²) in [4.78, 5) is 15.9. The Morgan fingerprint density at radius 2 is 1.95 bits per heavy atom. The van der Waals surface area contributed by atoms with Gasteiger partial charge in [-0.3, -0.25) is 4.90 Å². The molecule has 0 radical (unpaired) electrons. The van der Waals surface area contributed by atoms with Gasteiger partial charge < -0.3 is 15.7 Å². The van der Waals surface area contributed by atoms with Crippen LogP contribution in [0.15, 0.2) is 18.2 Å². The monoisotopic (exact) mass is 277 g/mol. The Morgan fingerprint density at radius 3 is 2.50 bits per heavy atom. The second kappa shape index (κ2) is 6.13. The maximum absolute atomic E-state index is 11.3. The van der Waals surface area contributed by atoms with Crippen LogP contribution < -0.4 is 10.6 Å². The van der Waals surface area contributed by atoms with Crippen molar-refractivity contribution in [2.24, 2.45) is 5.92 Å². The number of hydrogen-bond donors (Lipinski definition) is 2. The third kappa shape index (κ3) is 3.42. The number of benzene rings is 1. The van der Waals surface area contributed by atoms with E-state index in [0.717, 1.165) is 38.4 Å². The van der Waals surface area contributed by atoms with E-state index >= 15 is 0 Å². The normalized spacial score (nSPS) is 16.6. The Hall–Kier alpha value is -1.75. The number of nitrogens with two attached hydrogens (primary N) is 1. The summed E-state index contributed by atoms with van der Waals surface area (Å²) < 4.78 is 0. The van der Waals surface area contributed by atoms with Crippen molar-refractivity contribution in [1.29, 1.82) is 0 Å². The lowest BCUT2D eigenvalue weighted by Gasteiger charge is -2.37. The molecule has 0 bridgehead atoms. The Kier molecular flexibility index (Phi) is 4.49. The summed E-state index contributed by atoms with van der Waals surface area (Å²) in [5, 5.41) is 9.28. The molecule has 1 aromatic rings. The van der Waals surface area contributed by atoms with Crippen molar-refractivity contribution < 1.29 is 9.90 Å². The molecule has 20 heavy (non-hydrogen) atoms. The summed E-state index contributed by atoms with van der Waals surface area (Å²) in [5.74, 6) is -0.242. The molecule has 1 aromatic carbocycles. The second-order valence-corrected chi connectivity index (χ2v) is 5.76. The predicted molar refractivity (Wildman–Crippen MR) is 81.3 cm³/mol. The van der Waals surface area contributed by atoms with Crippen LogP contribution in [0.3, 0.4) is 0 Å². The minimum Gasteiger partial charge on any atom is -0.478 e. The number of carboxylic acids is 1. The van der Waals surface area contributed by atoms with Crippen LogP contribution in [0.5, 0.6) is 0 Å². The van der Waals surface area contributed by atoms with Crippen LogP contribution in [0.1, 0.15) is 24.2 Å². The highest BCUT2D eigenvalue weighted by atomic mass is 16.4. The lowest BCUT2D eigenvalue weighted by atomic mass is 10.1. The minimum absolute atomic E-state index is 0.330. The SMILES string of the molecule is CC(C)CN1CCN(c2cc(N)ccc2C(=O)O)CC1. The first-order valence-corrected chi connectivity index (χ1v) is 7.07. The van der Waals surface area contributed by atoms with Crippen LogP contribution in [0, 0.1) is 5.92 Å². The molecule has 5 heteroatoms. The number of rotatable bonds is 4. The molecule has 1 aliphatic heterocycles. The first-order chi connectivity index (χ1) is 9.47. The number of aromatic carboxylic acids is 1. The molecule has 0 aliphatic carbocycles. The average Bonchev–Trinajstić information content (AvgIpc) is 2.38. The molecule has 3 N–H and O–H groups in total. The summed E-state index contributed by atoms with van der Waals surface area (Å²) in [6.07, 6.45) is 0. The molecular weight excluding hydrogens is 254 g/mol. The standard InChI is InChI=1S/C15H23N3O2/c1-11(2)10-17-5-7-18(8-6-17)14-9-12(16)3-4-13(14)15(19)20/h3-4,9,11H,5-8,10,16H2,1-2H3,(H,19,20). The molecule has 0 saturated carbocycles. The van der Waals surface area contributed by atoms with Gasteiger partial charge in [0.15, 0.2) is 0 Å². The molecule has 0 amide bonds. The highest BCUT2D eigenvalue weighted by Crippen LogP contribution is 2.25. The zero-order valence-electron chi connectivity index (χ0n) is 12.2. The zero-order chi connectivity index (χ0) is 14.7. The molecule has 1 heterocycles. The van der Waals surface area contributed by atoms with E-state index in [4.69, 9.17) is 5.73 Å². The number of piperazine rings is 1. The van der Waals surface area contributed by atoms with Crippen molar-refractivity contribution in [3.63, 3.8) is 0 Å². The van der Waals surface area contributed by atoms with E-state index in [1.165, 1.54) is 0 Å². The number of anilines is 2. The van der Waals surface area contributed by atoms with Gasteiger partial charge in [0.1, 0.15) is 0 Å². The Bertz CT molecular complexity index is 480. The van der Waals surface area contributed by atoms with Gasteiger partial charge in [0, 0.05) is 38.4 Å². The van der Waals surface area contributed by atoms with Crippen molar-refractivity contribution in [3.8, 4) is 0 Å². The molecule has 0 aromatic heterocycles. The summed E-state index contributed by atoms with van der Waals surface area (Å²) >= 11 is 0. The summed E-state index contributed by atoms with van der Waals surface area (Å²) in [7, 11) is 0. The van der Waals surface area contributed by atoms with Gasteiger partial charge in [0.25, 0.3) is 0 Å². The molecular formula is C15H23N3O2. The van der Waals surface area contributed by atoms with Crippen LogP contribution >= 0.6 is 0 Å². The molecule has 0 spiro atoms. The Balaban J connectivity index is 2.10. The highest BCUT2D eigenvalue weighted by Gasteiger charge is 2.21. The smallest absolute Gasteiger partial charge is 0.337 e. The van der Waals surface area contributed by atoms with Crippen LogP contribution in [0.4, 0.5) is 11.4 Å². The first kappa shape index (κ1) is 14.7. The number of carboxylic acid groups (broad SMARTS) is 1. The topological polar surface area (TPSA) is 69.8 Å². The molecule has 1 aliphatic rings. The van der Waals surface area contributed by atoms with E-state index < -0.39 is 5.97 Å². The van der Waals surface area contributed by atoms with E-state index in [-0.39, 0.29) is 0 Å². The van der Waals surface area contributed by atoms with Gasteiger partial charge in [-0.15, -0.1) is 0 Å². The maximum Gasteiger partial charge on any atom is 0.337 e. The average molecular weight is 277 g/mol. The van der Waals surface area contributed by atoms with Crippen molar-refractivity contribution in [2.75, 3.05) is 43.4 Å². The van der Waals surface area contributed by atoms with Gasteiger partial charge in [-0.05, 0) is 24.1 Å². The fourth-order valence-corrected chi connectivity index (χ4v) is 2.68. The fourth-order valence-electron chi connectivity index (χ4n) is 2.68. The second-order valence-electron chi connectivity index (χ2n) is 5.76. The lowest BCUT2D eigenvalue weighted by molar-refractivity contribution is 0.0697. The molecule has 110 valence electrons. The van der Waals surface area contributed by atoms with E-state index in [0.29, 0.717) is 17.2 Å². The van der Waals surface area contributed by atoms with E-state index in [2.05, 4.69) is 23.6 Å². The Morgan fingerprint density at radius 1 is 1.30 bits per heavy atom. The van der Waals surface area contributed by atoms with E-state index in [9.17, 15) is 9.90 Å². The molecule has 1 saturated heterocycles. The number of nitrogen functional groups attached to an aromatic ring is 1. The van der Waals surface area contributed by atoms with Crippen LogP contribution in [-0.4, -0.2) is 48.7 Å². The van der Waals surface area contributed by atoms with Gasteiger partial charge in [0.05, 0.1) is 11.3 Å². The third-order valence-electron chi connectivity index (χ3n) is 3.59. The van der Waals surface area contributed by atoms with Crippen LogP contribution in [-0.2, 0) is 0 Å². The van der Waals surface area contributed by atoms with Crippen molar-refractivity contribution in [3.05, 3.63) is 23.8 Å². The molecule has 5 nitrogen and oxygen atoms in total. The van der Waals surface area contributed by atoms with E-state index in [1.807, 2.05) is 0 Å². The fraction of sp³-hybridized carbons (Fsp3) is 0.533. The predicted octanol–water partition coefficient (Wildman–Crippen LogP) is 1.75. The van der Waals surface area contributed by atoms with Crippen LogP contribution in [0.2, 0.25) is 0 Å². The number of hydrogen-bond acceptors (Lipinski definition) is 4. The molecule has 0 unspecified atom stereocenters. The quantitative estimate of drug-likeness (QED) is 0.820. The van der Waals surface area contributed by atoms with Crippen molar-refractivity contribution >= 4 is 17.3 Å². The minimum atomic E-state index is -0.899. The highest BCUT2D eigenvalue weighted by molar-refractivity contribution is 5.95. The number of nitrogens with zero attached hydrogens (tertiary/aromatic N) is 2.